The first-order valence-electron chi connectivity index (χ1n) is 11.6. The van der Waals surface area contributed by atoms with Gasteiger partial charge in [-0.1, -0.05) is 19.3 Å². The first kappa shape index (κ1) is 22.2. The highest BCUT2D eigenvalue weighted by molar-refractivity contribution is 5.80. The van der Waals surface area contributed by atoms with Crippen LogP contribution in [0.25, 0.3) is 0 Å². The van der Waals surface area contributed by atoms with Gasteiger partial charge < -0.3 is 24.7 Å². The van der Waals surface area contributed by atoms with Gasteiger partial charge in [-0.05, 0) is 51.7 Å². The predicted octanol–water partition coefficient (Wildman–Crippen LogP) is 3.58. The third kappa shape index (κ3) is 8.39. The molecule has 2 heterocycles. The van der Waals surface area contributed by atoms with E-state index in [0.717, 1.165) is 63.8 Å². The highest BCUT2D eigenvalue weighted by Gasteiger charge is 2.21. The van der Waals surface area contributed by atoms with Crippen LogP contribution in [0.3, 0.4) is 0 Å². The molecular weight excluding hydrogens is 364 g/mol. The molecule has 2 fully saturated rings. The fraction of sp³-hybridized carbons (Fsp3) is 0.783. The van der Waals surface area contributed by atoms with Gasteiger partial charge in [-0.3, -0.25) is 4.99 Å². The molecule has 164 valence electrons. The number of ether oxygens (including phenoxy) is 1. The second-order valence-electron chi connectivity index (χ2n) is 8.72. The Morgan fingerprint density at radius 1 is 1.14 bits per heavy atom. The molecule has 3 rings (SSSR count). The molecule has 0 amide bonds. The van der Waals surface area contributed by atoms with Gasteiger partial charge in [-0.15, -0.1) is 0 Å². The van der Waals surface area contributed by atoms with Gasteiger partial charge in [-0.2, -0.15) is 0 Å². The Balaban J connectivity index is 1.45. The number of furan rings is 1. The van der Waals surface area contributed by atoms with Crippen molar-refractivity contribution in [2.45, 2.75) is 83.4 Å². The largest absolute Gasteiger partial charge is 0.469 e. The van der Waals surface area contributed by atoms with Gasteiger partial charge in [0.25, 0.3) is 0 Å². The SMILES string of the molecule is CC(C)OCCN1CCC(NC(=NCCc2ccco2)NC2CCCCC2)CC1. The van der Waals surface area contributed by atoms with E-state index in [1.807, 2.05) is 12.1 Å². The quantitative estimate of drug-likeness (QED) is 0.487. The molecule has 29 heavy (non-hydrogen) atoms. The summed E-state index contributed by atoms with van der Waals surface area (Å²) in [5.41, 5.74) is 0. The van der Waals surface area contributed by atoms with Crippen molar-refractivity contribution in [2.24, 2.45) is 4.99 Å². The summed E-state index contributed by atoms with van der Waals surface area (Å²) in [7, 11) is 0. The molecule has 6 heteroatoms. The Morgan fingerprint density at radius 3 is 2.52 bits per heavy atom. The maximum absolute atomic E-state index is 5.70. The molecule has 6 nitrogen and oxygen atoms in total. The van der Waals surface area contributed by atoms with E-state index in [4.69, 9.17) is 14.1 Å². The Labute approximate surface area is 176 Å². The molecule has 0 spiro atoms. The number of nitrogens with one attached hydrogen (secondary N) is 2. The molecule has 1 saturated carbocycles. The minimum atomic E-state index is 0.319. The van der Waals surface area contributed by atoms with Gasteiger partial charge >= 0.3 is 0 Å². The van der Waals surface area contributed by atoms with Crippen LogP contribution in [0.2, 0.25) is 0 Å². The predicted molar refractivity (Wildman–Crippen MR) is 118 cm³/mol. The average molecular weight is 405 g/mol. The van der Waals surface area contributed by atoms with Crippen LogP contribution in [0.4, 0.5) is 0 Å². The van der Waals surface area contributed by atoms with Crippen LogP contribution in [-0.2, 0) is 11.2 Å². The highest BCUT2D eigenvalue weighted by Crippen LogP contribution is 2.17. The zero-order valence-electron chi connectivity index (χ0n) is 18.4. The van der Waals surface area contributed by atoms with Gasteiger partial charge in [0.2, 0.25) is 0 Å². The van der Waals surface area contributed by atoms with Crippen molar-refractivity contribution in [3.05, 3.63) is 24.2 Å². The molecule has 1 aliphatic heterocycles. The molecule has 1 aromatic heterocycles. The lowest BCUT2D eigenvalue weighted by Gasteiger charge is -2.34. The van der Waals surface area contributed by atoms with E-state index in [2.05, 4.69) is 29.4 Å². The molecule has 0 aromatic carbocycles. The maximum atomic E-state index is 5.70. The van der Waals surface area contributed by atoms with Crippen LogP contribution in [0.15, 0.2) is 27.8 Å². The lowest BCUT2D eigenvalue weighted by atomic mass is 9.95. The van der Waals surface area contributed by atoms with E-state index < -0.39 is 0 Å². The summed E-state index contributed by atoms with van der Waals surface area (Å²) in [5, 5.41) is 7.44. The average Bonchev–Trinajstić information content (AvgIpc) is 3.23. The second kappa shape index (κ2) is 12.2. The van der Waals surface area contributed by atoms with Crippen LogP contribution >= 0.6 is 0 Å². The summed E-state index contributed by atoms with van der Waals surface area (Å²) < 4.78 is 11.1. The van der Waals surface area contributed by atoms with E-state index in [1.165, 1.54) is 32.1 Å². The van der Waals surface area contributed by atoms with Crippen molar-refractivity contribution in [3.8, 4) is 0 Å². The normalized spacial score (nSPS) is 20.3. The van der Waals surface area contributed by atoms with Crippen molar-refractivity contribution in [3.63, 3.8) is 0 Å². The number of hydrogen-bond acceptors (Lipinski definition) is 4. The monoisotopic (exact) mass is 404 g/mol. The highest BCUT2D eigenvalue weighted by atomic mass is 16.5. The molecule has 0 radical (unpaired) electrons. The third-order valence-corrected chi connectivity index (χ3v) is 5.94. The minimum absolute atomic E-state index is 0.319. The van der Waals surface area contributed by atoms with E-state index in [9.17, 15) is 0 Å². The second-order valence-corrected chi connectivity index (χ2v) is 8.72. The summed E-state index contributed by atoms with van der Waals surface area (Å²) in [6, 6.07) is 5.02. The lowest BCUT2D eigenvalue weighted by molar-refractivity contribution is 0.0532. The number of aliphatic imine (C=N–C) groups is 1. The van der Waals surface area contributed by atoms with Crippen LogP contribution < -0.4 is 10.6 Å². The summed E-state index contributed by atoms with van der Waals surface area (Å²) in [6.07, 6.45) is 11.8. The first-order valence-corrected chi connectivity index (χ1v) is 11.6. The smallest absolute Gasteiger partial charge is 0.191 e. The van der Waals surface area contributed by atoms with Gasteiger partial charge in [0.15, 0.2) is 5.96 Å². The molecular formula is C23H40N4O2. The Bertz CT molecular complexity index is 574. The number of rotatable bonds is 9. The minimum Gasteiger partial charge on any atom is -0.469 e. The molecule has 1 aromatic rings. The number of nitrogens with zero attached hydrogens (tertiary/aromatic N) is 2. The van der Waals surface area contributed by atoms with Gasteiger partial charge in [-0.25, -0.2) is 0 Å². The Kier molecular flexibility index (Phi) is 9.35. The van der Waals surface area contributed by atoms with Gasteiger partial charge in [0.1, 0.15) is 5.76 Å². The van der Waals surface area contributed by atoms with E-state index in [0.29, 0.717) is 18.2 Å². The topological polar surface area (TPSA) is 62.0 Å². The Hall–Kier alpha value is -1.53. The fourth-order valence-corrected chi connectivity index (χ4v) is 4.22. The number of piperidine rings is 1. The molecule has 0 unspecified atom stereocenters. The Morgan fingerprint density at radius 2 is 1.86 bits per heavy atom. The van der Waals surface area contributed by atoms with E-state index in [-0.39, 0.29) is 0 Å². The van der Waals surface area contributed by atoms with Crippen LogP contribution in [0.1, 0.15) is 64.6 Å². The first-order chi connectivity index (χ1) is 14.2. The number of hydrogen-bond donors (Lipinski definition) is 2. The zero-order valence-corrected chi connectivity index (χ0v) is 18.4. The molecule has 2 N–H and O–H groups in total. The van der Waals surface area contributed by atoms with Crippen molar-refractivity contribution >= 4 is 5.96 Å². The number of guanidine groups is 1. The van der Waals surface area contributed by atoms with Gasteiger partial charge in [0, 0.05) is 44.7 Å². The zero-order chi connectivity index (χ0) is 20.3. The summed E-state index contributed by atoms with van der Waals surface area (Å²) in [5.74, 6) is 1.99. The summed E-state index contributed by atoms with van der Waals surface area (Å²) in [4.78, 5) is 7.39. The fourth-order valence-electron chi connectivity index (χ4n) is 4.22. The van der Waals surface area contributed by atoms with E-state index in [1.54, 1.807) is 6.26 Å². The lowest BCUT2D eigenvalue weighted by Crippen LogP contribution is -2.51. The van der Waals surface area contributed by atoms with Crippen molar-refractivity contribution < 1.29 is 9.15 Å². The standard InChI is InChI=1S/C23H40N4O2/c1-19(2)28-18-16-27-14-11-21(12-15-27)26-23(25-20-7-4-3-5-8-20)24-13-10-22-9-6-17-29-22/h6,9,17,19-21H,3-5,7-8,10-16,18H2,1-2H3,(H2,24,25,26). The molecule has 1 aliphatic carbocycles. The van der Waals surface area contributed by atoms with E-state index >= 15 is 0 Å². The van der Waals surface area contributed by atoms with Crippen LogP contribution in [0, 0.1) is 0 Å². The van der Waals surface area contributed by atoms with Crippen LogP contribution in [0.5, 0.6) is 0 Å². The number of likely N-dealkylation sites (tertiary alicyclic amines) is 1. The molecule has 1 saturated heterocycles. The van der Waals surface area contributed by atoms with Crippen molar-refractivity contribution in [2.75, 3.05) is 32.8 Å². The van der Waals surface area contributed by atoms with Crippen LogP contribution in [-0.4, -0.2) is 61.8 Å². The van der Waals surface area contributed by atoms with Crippen molar-refractivity contribution in [1.82, 2.24) is 15.5 Å². The van der Waals surface area contributed by atoms with Gasteiger partial charge in [0.05, 0.1) is 19.0 Å². The van der Waals surface area contributed by atoms with Crippen molar-refractivity contribution in [1.29, 1.82) is 0 Å². The summed E-state index contributed by atoms with van der Waals surface area (Å²) in [6.45, 7) is 9.07. The molecule has 0 bridgehead atoms. The maximum Gasteiger partial charge on any atom is 0.191 e. The summed E-state index contributed by atoms with van der Waals surface area (Å²) >= 11 is 0. The molecule has 2 aliphatic rings. The third-order valence-electron chi connectivity index (χ3n) is 5.94. The molecule has 0 atom stereocenters.